The molecule has 0 spiro atoms. The van der Waals surface area contributed by atoms with Crippen LogP contribution in [0.25, 0.3) is 43.3 Å². The maximum atomic E-state index is 6.74. The van der Waals surface area contributed by atoms with E-state index in [1.54, 1.807) is 0 Å². The molecule has 2 aliphatic rings. The highest BCUT2D eigenvalue weighted by Crippen LogP contribution is 2.55. The summed E-state index contributed by atoms with van der Waals surface area (Å²) in [5.74, 6) is 0.843. The third-order valence-corrected chi connectivity index (χ3v) is 14.2. The molecular weight excluding hydrogens is 822 g/mol. The van der Waals surface area contributed by atoms with Crippen LogP contribution in [0.5, 0.6) is 0 Å². The maximum Gasteiger partial charge on any atom is 0.423 e. The van der Waals surface area contributed by atoms with Crippen LogP contribution in [0.4, 0.5) is 45.0 Å². The van der Waals surface area contributed by atoms with Crippen molar-refractivity contribution in [1.29, 1.82) is 0 Å². The molecule has 0 aliphatic carbocycles. The van der Waals surface area contributed by atoms with E-state index >= 15 is 0 Å². The number of furan rings is 1. The van der Waals surface area contributed by atoms with Gasteiger partial charge in [-0.3, -0.25) is 0 Å². The molecule has 9 aromatic carbocycles. The van der Waals surface area contributed by atoms with Crippen molar-refractivity contribution in [2.24, 2.45) is 0 Å². The van der Waals surface area contributed by atoms with E-state index in [1.165, 1.54) is 54.2 Å². The Bertz CT molecular complexity index is 3510. The molecular formula is C58H40B2N4OS. The Morgan fingerprint density at radius 1 is 0.333 bits per heavy atom. The zero-order valence-corrected chi connectivity index (χ0v) is 36.7. The van der Waals surface area contributed by atoms with Gasteiger partial charge in [-0.1, -0.05) is 176 Å². The van der Waals surface area contributed by atoms with E-state index in [2.05, 4.69) is 256 Å². The first-order valence-corrected chi connectivity index (χ1v) is 23.3. The fourth-order valence-electron chi connectivity index (χ4n) is 10.1. The summed E-state index contributed by atoms with van der Waals surface area (Å²) < 4.78 is 8.03. The zero-order valence-electron chi connectivity index (χ0n) is 35.9. The Morgan fingerprint density at radius 3 is 1.42 bits per heavy atom. The fourth-order valence-corrected chi connectivity index (χ4v) is 11.4. The summed E-state index contributed by atoms with van der Waals surface area (Å²) in [6, 6.07) is 87.3. The number of nitrogens with zero attached hydrogens (tertiary/aromatic N) is 4. The molecule has 0 unspecified atom stereocenters. The molecule has 0 bridgehead atoms. The second-order valence-corrected chi connectivity index (χ2v) is 17.9. The quantitative estimate of drug-likeness (QED) is 0.142. The first-order chi connectivity index (χ1) is 32.8. The molecule has 0 atom stereocenters. The van der Waals surface area contributed by atoms with Crippen molar-refractivity contribution in [3.63, 3.8) is 0 Å². The molecule has 310 valence electrons. The van der Waals surface area contributed by atoms with Gasteiger partial charge in [-0.2, -0.15) is 0 Å². The van der Waals surface area contributed by atoms with Gasteiger partial charge >= 0.3 is 14.0 Å². The van der Waals surface area contributed by atoms with Crippen LogP contribution in [0, 0.1) is 0 Å². The Labute approximate surface area is 388 Å². The lowest BCUT2D eigenvalue weighted by molar-refractivity contribution is 0.628. The minimum atomic E-state index is -0.189. The van der Waals surface area contributed by atoms with Crippen molar-refractivity contribution in [3.8, 4) is 22.3 Å². The molecule has 0 radical (unpaired) electrons. The molecule has 11 aromatic rings. The number of anilines is 8. The van der Waals surface area contributed by atoms with Crippen LogP contribution >= 0.6 is 11.3 Å². The minimum Gasteiger partial charge on any atom is -0.439 e. The van der Waals surface area contributed by atoms with Crippen molar-refractivity contribution in [2.45, 2.75) is 0 Å². The molecule has 2 aromatic heterocycles. The molecule has 0 amide bonds. The van der Waals surface area contributed by atoms with Gasteiger partial charge in [0.05, 0.1) is 5.69 Å². The lowest BCUT2D eigenvalue weighted by atomic mass is 9.64. The minimum absolute atomic E-state index is 0.0717. The smallest absolute Gasteiger partial charge is 0.423 e. The number of para-hydroxylation sites is 5. The van der Waals surface area contributed by atoms with Crippen molar-refractivity contribution in [3.05, 3.63) is 243 Å². The number of benzene rings is 9. The Balaban J connectivity index is 0.851. The standard InChI is InChI=1S/C58H40B2N4OS/c1-5-20-47(21-6-1)61-55-51-28-13-15-30-53(51)65-57(55)63(49-24-9-3-10-25-49)60(61)46-19-17-18-44(40-46)43-34-32-41(33-35-43)42-36-38-45(39-37-42)59-62(48-22-7-2-8-23-48)56-52-29-14-16-31-54(52)66-58(56)64(59)50-26-11-4-12-27-50/h1-40H. The van der Waals surface area contributed by atoms with Gasteiger partial charge in [0.1, 0.15) is 16.3 Å². The van der Waals surface area contributed by atoms with Crippen LogP contribution in [-0.4, -0.2) is 14.0 Å². The van der Waals surface area contributed by atoms with Crippen molar-refractivity contribution in [1.82, 2.24) is 0 Å². The van der Waals surface area contributed by atoms with Crippen LogP contribution in [0.15, 0.2) is 247 Å². The summed E-state index contributed by atoms with van der Waals surface area (Å²) >= 11 is 1.86. The molecule has 0 saturated heterocycles. The van der Waals surface area contributed by atoms with Gasteiger partial charge in [0.25, 0.3) is 0 Å². The molecule has 0 fully saturated rings. The van der Waals surface area contributed by atoms with Crippen LogP contribution in [0.3, 0.4) is 0 Å². The monoisotopic (exact) mass is 862 g/mol. The number of hydrogen-bond acceptors (Lipinski definition) is 6. The summed E-state index contributed by atoms with van der Waals surface area (Å²) in [6.45, 7) is -0.261. The Hall–Kier alpha value is -8.19. The highest BCUT2D eigenvalue weighted by molar-refractivity contribution is 7.25. The summed E-state index contributed by atoms with van der Waals surface area (Å²) in [5.41, 5.74) is 14.8. The van der Waals surface area contributed by atoms with Gasteiger partial charge in [0, 0.05) is 38.2 Å². The predicted molar refractivity (Wildman–Crippen MR) is 280 cm³/mol. The molecule has 0 N–H and O–H groups in total. The van der Waals surface area contributed by atoms with Crippen LogP contribution < -0.4 is 30.2 Å². The van der Waals surface area contributed by atoms with Crippen LogP contribution in [0.1, 0.15) is 0 Å². The average molecular weight is 863 g/mol. The maximum absolute atomic E-state index is 6.74. The third-order valence-electron chi connectivity index (χ3n) is 13.1. The zero-order chi connectivity index (χ0) is 43.6. The van der Waals surface area contributed by atoms with E-state index in [0.717, 1.165) is 45.0 Å². The Morgan fingerprint density at radius 2 is 0.803 bits per heavy atom. The lowest BCUT2D eigenvalue weighted by Gasteiger charge is -2.30. The van der Waals surface area contributed by atoms with E-state index < -0.39 is 0 Å². The first-order valence-electron chi connectivity index (χ1n) is 22.5. The second kappa shape index (κ2) is 15.8. The Kier molecular flexibility index (Phi) is 9.17. The molecule has 66 heavy (non-hydrogen) atoms. The molecule has 13 rings (SSSR count). The van der Waals surface area contributed by atoms with Gasteiger partial charge in [-0.25, -0.2) is 0 Å². The lowest BCUT2D eigenvalue weighted by Crippen LogP contribution is -2.53. The second-order valence-electron chi connectivity index (χ2n) is 16.9. The van der Waals surface area contributed by atoms with Crippen molar-refractivity contribution >= 4 is 102 Å². The van der Waals surface area contributed by atoms with Gasteiger partial charge < -0.3 is 23.7 Å². The number of thiophene rings is 1. The fraction of sp³-hybridized carbons (Fsp3) is 0. The van der Waals surface area contributed by atoms with Crippen LogP contribution in [0.2, 0.25) is 0 Å². The van der Waals surface area contributed by atoms with E-state index in [1.807, 2.05) is 17.4 Å². The summed E-state index contributed by atoms with van der Waals surface area (Å²) in [6.07, 6.45) is 0. The van der Waals surface area contributed by atoms with E-state index in [-0.39, 0.29) is 14.0 Å². The van der Waals surface area contributed by atoms with E-state index in [4.69, 9.17) is 4.42 Å². The van der Waals surface area contributed by atoms with Gasteiger partial charge in [-0.05, 0) is 99.9 Å². The highest BCUT2D eigenvalue weighted by atomic mass is 32.1. The predicted octanol–water partition coefficient (Wildman–Crippen LogP) is 14.4. The van der Waals surface area contributed by atoms with Crippen molar-refractivity contribution < 1.29 is 4.42 Å². The third kappa shape index (κ3) is 6.25. The van der Waals surface area contributed by atoms with Gasteiger partial charge in [0.15, 0.2) is 0 Å². The number of rotatable bonds is 8. The van der Waals surface area contributed by atoms with Crippen LogP contribution in [-0.2, 0) is 0 Å². The number of fused-ring (bicyclic) bond motifs is 6. The summed E-state index contributed by atoms with van der Waals surface area (Å²) in [4.78, 5) is 9.83. The number of hydrogen-bond donors (Lipinski definition) is 0. The summed E-state index contributed by atoms with van der Waals surface area (Å²) in [5, 5.41) is 3.62. The highest BCUT2D eigenvalue weighted by Gasteiger charge is 2.48. The van der Waals surface area contributed by atoms with Gasteiger partial charge in [0.2, 0.25) is 5.88 Å². The van der Waals surface area contributed by atoms with E-state index in [0.29, 0.717) is 0 Å². The first kappa shape index (κ1) is 38.3. The normalized spacial score (nSPS) is 13.3. The van der Waals surface area contributed by atoms with E-state index in [9.17, 15) is 0 Å². The summed E-state index contributed by atoms with van der Waals surface area (Å²) in [7, 11) is 0. The molecule has 5 nitrogen and oxygen atoms in total. The molecule has 2 aliphatic heterocycles. The molecule has 4 heterocycles. The SMILES string of the molecule is c1ccc(N2B(c3cccc(-c4ccc(-c5ccc(B6N(c7ccccc7)c7sc8ccccc8c7N6c6ccccc6)cc5)cc4)c3)N(c3ccccc3)c3c2oc2ccccc32)cc1. The molecule has 0 saturated carbocycles. The van der Waals surface area contributed by atoms with Crippen molar-refractivity contribution in [2.75, 3.05) is 19.2 Å². The molecule has 8 heteroatoms. The largest absolute Gasteiger partial charge is 0.439 e. The topological polar surface area (TPSA) is 26.1 Å². The average Bonchev–Trinajstić information content (AvgIpc) is 4.14. The van der Waals surface area contributed by atoms with Gasteiger partial charge in [-0.15, -0.1) is 11.3 Å².